The normalized spacial score (nSPS) is 17.4. The van der Waals surface area contributed by atoms with E-state index in [0.717, 1.165) is 65.4 Å². The van der Waals surface area contributed by atoms with Crippen molar-refractivity contribution >= 4 is 44.9 Å². The smallest absolute Gasteiger partial charge is 0.229 e. The Morgan fingerprint density at radius 3 is 2.47 bits per heavy atom. The average Bonchev–Trinajstić information content (AvgIpc) is 3.25. The number of halogens is 1. The molecule has 0 unspecified atom stereocenters. The van der Waals surface area contributed by atoms with Crippen molar-refractivity contribution in [1.82, 2.24) is 29.4 Å². The average molecular weight is 559 g/mol. The summed E-state index contributed by atoms with van der Waals surface area (Å²) in [5.74, 6) is 2.40. The van der Waals surface area contributed by atoms with Crippen molar-refractivity contribution < 1.29 is 8.42 Å². The predicted octanol–water partition coefficient (Wildman–Crippen LogP) is 4.48. The van der Waals surface area contributed by atoms with Crippen molar-refractivity contribution in [3.8, 4) is 0 Å². The molecule has 0 aliphatic carbocycles. The van der Waals surface area contributed by atoms with Crippen molar-refractivity contribution in [3.05, 3.63) is 51.8 Å². The lowest BCUT2D eigenvalue weighted by molar-refractivity contribution is 0.221. The minimum Gasteiger partial charge on any atom is -0.324 e. The van der Waals surface area contributed by atoms with E-state index in [2.05, 4.69) is 48.7 Å². The van der Waals surface area contributed by atoms with Crippen LogP contribution in [-0.2, 0) is 10.0 Å². The maximum atomic E-state index is 12.4. The Bertz CT molecular complexity index is 1400. The van der Waals surface area contributed by atoms with E-state index in [-0.39, 0.29) is 5.75 Å². The van der Waals surface area contributed by atoms with Gasteiger partial charge < -0.3 is 15.5 Å². The fourth-order valence-electron chi connectivity index (χ4n) is 4.91. The van der Waals surface area contributed by atoms with Crippen LogP contribution in [0.15, 0.2) is 24.4 Å². The zero-order valence-corrected chi connectivity index (χ0v) is 23.7. The minimum atomic E-state index is -3.11. The van der Waals surface area contributed by atoms with E-state index in [1.165, 1.54) is 0 Å². The third-order valence-corrected chi connectivity index (χ3v) is 9.59. The number of rotatable bonds is 9. The molecule has 5 rings (SSSR count). The van der Waals surface area contributed by atoms with Crippen LogP contribution in [-0.4, -0.2) is 76.3 Å². The molecule has 0 amide bonds. The maximum Gasteiger partial charge on any atom is 0.229 e. The third kappa shape index (κ3) is 6.12. The molecule has 0 radical (unpaired) electrons. The first-order valence-corrected chi connectivity index (χ1v) is 15.1. The number of aryl methyl sites for hydroxylation is 3. The highest BCUT2D eigenvalue weighted by atomic mass is 35.5. The minimum absolute atomic E-state index is 0.206. The highest BCUT2D eigenvalue weighted by Gasteiger charge is 2.29. The van der Waals surface area contributed by atoms with E-state index in [0.29, 0.717) is 43.1 Å². The summed E-state index contributed by atoms with van der Waals surface area (Å²) in [6.45, 7) is 9.62. The SMILES string of the molecule is Cc1cc(Nc2nc(Nc3cc(Cl)c(C4CCN(CCS(=O)(=O)N5CCC5)CC4)cc3C)ncc2C)n[nH]1. The molecule has 204 valence electrons. The summed E-state index contributed by atoms with van der Waals surface area (Å²) >= 11 is 6.78. The Balaban J connectivity index is 1.21. The number of aromatic amines is 1. The maximum absolute atomic E-state index is 12.4. The monoisotopic (exact) mass is 558 g/mol. The summed E-state index contributed by atoms with van der Waals surface area (Å²) < 4.78 is 26.3. The number of nitrogens with zero attached hydrogens (tertiary/aromatic N) is 5. The van der Waals surface area contributed by atoms with Gasteiger partial charge in [0.05, 0.1) is 5.75 Å². The van der Waals surface area contributed by atoms with Crippen LogP contribution in [0.5, 0.6) is 0 Å². The van der Waals surface area contributed by atoms with Gasteiger partial charge in [0.15, 0.2) is 5.82 Å². The largest absolute Gasteiger partial charge is 0.324 e. The number of nitrogens with one attached hydrogen (secondary N) is 3. The van der Waals surface area contributed by atoms with Gasteiger partial charge in [0.1, 0.15) is 5.82 Å². The van der Waals surface area contributed by atoms with Crippen LogP contribution >= 0.6 is 11.6 Å². The molecule has 4 heterocycles. The van der Waals surface area contributed by atoms with Crippen LogP contribution < -0.4 is 10.6 Å². The topological polar surface area (TPSA) is 119 Å². The van der Waals surface area contributed by atoms with Crippen molar-refractivity contribution in [2.45, 2.75) is 46.0 Å². The van der Waals surface area contributed by atoms with Gasteiger partial charge in [-0.2, -0.15) is 10.1 Å². The Hall–Kier alpha value is -2.73. The van der Waals surface area contributed by atoms with Crippen LogP contribution in [0.25, 0.3) is 0 Å². The standard InChI is InChI=1S/C26H35ClN8O2S/c1-17-13-21(20-5-9-34(10-6-20)11-12-38(36,37)35-7-4-8-35)22(27)15-23(17)29-26-28-16-18(2)25(31-26)30-24-14-19(3)32-33-24/h13-16,20H,4-12H2,1-3H3,(H3,28,29,30,31,32,33). The molecule has 2 aliphatic heterocycles. The fourth-order valence-corrected chi connectivity index (χ4v) is 6.79. The van der Waals surface area contributed by atoms with Gasteiger partial charge in [-0.15, -0.1) is 0 Å². The lowest BCUT2D eigenvalue weighted by atomic mass is 9.88. The van der Waals surface area contributed by atoms with E-state index >= 15 is 0 Å². The number of hydrogen-bond acceptors (Lipinski definition) is 8. The molecule has 3 N–H and O–H groups in total. The molecule has 12 heteroatoms. The highest BCUT2D eigenvalue weighted by molar-refractivity contribution is 7.89. The summed E-state index contributed by atoms with van der Waals surface area (Å²) in [6, 6.07) is 6.02. The number of H-pyrrole nitrogens is 1. The van der Waals surface area contributed by atoms with Gasteiger partial charge in [-0.05, 0) is 76.2 Å². The molecule has 0 atom stereocenters. The Kier molecular flexibility index (Phi) is 7.90. The summed E-state index contributed by atoms with van der Waals surface area (Å²) in [4.78, 5) is 11.3. The first-order valence-electron chi connectivity index (χ1n) is 13.1. The molecular weight excluding hydrogens is 524 g/mol. The molecule has 38 heavy (non-hydrogen) atoms. The molecule has 0 saturated carbocycles. The number of hydrogen-bond donors (Lipinski definition) is 3. The molecule has 2 aromatic heterocycles. The zero-order chi connectivity index (χ0) is 26.9. The number of likely N-dealkylation sites (tertiary alicyclic amines) is 1. The number of anilines is 4. The molecule has 2 aliphatic rings. The lowest BCUT2D eigenvalue weighted by Crippen LogP contribution is -2.46. The van der Waals surface area contributed by atoms with E-state index < -0.39 is 10.0 Å². The summed E-state index contributed by atoms with van der Waals surface area (Å²) in [5, 5.41) is 14.4. The van der Waals surface area contributed by atoms with Crippen molar-refractivity contribution in [3.63, 3.8) is 0 Å². The highest BCUT2D eigenvalue weighted by Crippen LogP contribution is 2.36. The Morgan fingerprint density at radius 1 is 1.05 bits per heavy atom. The second-order valence-electron chi connectivity index (χ2n) is 10.3. The molecule has 3 aromatic rings. The van der Waals surface area contributed by atoms with E-state index in [1.807, 2.05) is 26.0 Å². The number of benzene rings is 1. The van der Waals surface area contributed by atoms with Crippen LogP contribution in [0, 0.1) is 20.8 Å². The van der Waals surface area contributed by atoms with E-state index in [1.54, 1.807) is 10.5 Å². The fraction of sp³-hybridized carbons (Fsp3) is 0.500. The Morgan fingerprint density at radius 2 is 1.82 bits per heavy atom. The van der Waals surface area contributed by atoms with Crippen LogP contribution in [0.2, 0.25) is 5.02 Å². The molecule has 0 spiro atoms. The van der Waals surface area contributed by atoms with E-state index in [4.69, 9.17) is 11.6 Å². The van der Waals surface area contributed by atoms with Crippen molar-refractivity contribution in [2.75, 3.05) is 49.1 Å². The number of sulfonamides is 1. The number of piperidine rings is 1. The van der Waals surface area contributed by atoms with Gasteiger partial charge in [0, 0.05) is 53.9 Å². The molecule has 2 saturated heterocycles. The van der Waals surface area contributed by atoms with Gasteiger partial charge in [-0.1, -0.05) is 17.7 Å². The second-order valence-corrected chi connectivity index (χ2v) is 12.8. The van der Waals surface area contributed by atoms with Gasteiger partial charge >= 0.3 is 0 Å². The van der Waals surface area contributed by atoms with Crippen molar-refractivity contribution in [1.29, 1.82) is 0 Å². The second kappa shape index (κ2) is 11.2. The van der Waals surface area contributed by atoms with Crippen LogP contribution in [0.1, 0.15) is 47.6 Å². The predicted molar refractivity (Wildman–Crippen MR) is 151 cm³/mol. The quantitative estimate of drug-likeness (QED) is 0.352. The van der Waals surface area contributed by atoms with Crippen LogP contribution in [0.4, 0.5) is 23.3 Å². The summed E-state index contributed by atoms with van der Waals surface area (Å²) in [7, 11) is -3.11. The molecule has 0 bridgehead atoms. The van der Waals surface area contributed by atoms with Crippen molar-refractivity contribution in [2.24, 2.45) is 0 Å². The van der Waals surface area contributed by atoms with Crippen LogP contribution in [0.3, 0.4) is 0 Å². The van der Waals surface area contributed by atoms with Gasteiger partial charge in [0.25, 0.3) is 0 Å². The first-order chi connectivity index (χ1) is 18.2. The molecule has 2 fully saturated rings. The summed E-state index contributed by atoms with van der Waals surface area (Å²) in [6.07, 6.45) is 4.66. The number of aromatic nitrogens is 4. The zero-order valence-electron chi connectivity index (χ0n) is 22.1. The molecule has 1 aromatic carbocycles. The van der Waals surface area contributed by atoms with Gasteiger partial charge in [-0.3, -0.25) is 5.10 Å². The summed E-state index contributed by atoms with van der Waals surface area (Å²) in [5.41, 5.74) is 4.94. The van der Waals surface area contributed by atoms with E-state index in [9.17, 15) is 8.42 Å². The first kappa shape index (κ1) is 26.9. The lowest BCUT2D eigenvalue weighted by Gasteiger charge is -2.34. The Labute approximate surface area is 229 Å². The molecular formula is C26H35ClN8O2S. The van der Waals surface area contributed by atoms with Gasteiger partial charge in [-0.25, -0.2) is 17.7 Å². The third-order valence-electron chi connectivity index (χ3n) is 7.42. The van der Waals surface area contributed by atoms with Gasteiger partial charge in [0.2, 0.25) is 16.0 Å². The molecule has 10 nitrogen and oxygen atoms in total.